The number of nitrogens with one attached hydrogen (secondary N) is 3. The Morgan fingerprint density at radius 3 is 2.50 bits per heavy atom. The summed E-state index contributed by atoms with van der Waals surface area (Å²) < 4.78 is 8.35. The average molecular weight is 680 g/mol. The first-order valence-electron chi connectivity index (χ1n) is 16.9. The van der Waals surface area contributed by atoms with E-state index in [4.69, 9.17) is 4.74 Å². The van der Waals surface area contributed by atoms with E-state index >= 15 is 0 Å². The summed E-state index contributed by atoms with van der Waals surface area (Å²) in [6.45, 7) is 13.3. The predicted octanol–water partition coefficient (Wildman–Crippen LogP) is 4.84. The van der Waals surface area contributed by atoms with Gasteiger partial charge in [-0.1, -0.05) is 65.8 Å². The van der Waals surface area contributed by atoms with Crippen molar-refractivity contribution in [3.8, 4) is 5.75 Å². The second-order valence-corrected chi connectivity index (χ2v) is 15.1. The Hall–Kier alpha value is -5.17. The minimum atomic E-state index is -1.49. The third-order valence-electron chi connectivity index (χ3n) is 8.92. The highest BCUT2D eigenvalue weighted by Gasteiger charge is 2.38. The van der Waals surface area contributed by atoms with Crippen molar-refractivity contribution in [3.63, 3.8) is 0 Å². The maximum Gasteiger partial charge on any atom is 0.321 e. The van der Waals surface area contributed by atoms with Gasteiger partial charge < -0.3 is 20.3 Å². The maximum absolute atomic E-state index is 13.6. The Kier molecular flexibility index (Phi) is 9.21. The molecule has 0 bridgehead atoms. The molecule has 2 aliphatic rings. The van der Waals surface area contributed by atoms with Crippen LogP contribution in [0.4, 0.5) is 10.6 Å². The number of hydrogen-bond acceptors (Lipinski definition) is 9. The topological polar surface area (TPSA) is 156 Å². The molecule has 0 aliphatic heterocycles. The lowest BCUT2D eigenvalue weighted by Gasteiger charge is -2.34. The van der Waals surface area contributed by atoms with Crippen LogP contribution in [0.15, 0.2) is 60.8 Å². The van der Waals surface area contributed by atoms with Gasteiger partial charge in [-0.25, -0.2) is 14.8 Å². The Balaban J connectivity index is 1.21. The van der Waals surface area contributed by atoms with Gasteiger partial charge in [0.25, 0.3) is 5.91 Å². The summed E-state index contributed by atoms with van der Waals surface area (Å²) in [5.41, 5.74) is 0.403. The van der Waals surface area contributed by atoms with Gasteiger partial charge >= 0.3 is 6.03 Å². The van der Waals surface area contributed by atoms with Crippen molar-refractivity contribution < 1.29 is 19.1 Å². The summed E-state index contributed by atoms with van der Waals surface area (Å²) in [6, 6.07) is 12.5. The van der Waals surface area contributed by atoms with Gasteiger partial charge in [-0.05, 0) is 49.7 Å². The van der Waals surface area contributed by atoms with Gasteiger partial charge in [0.05, 0.1) is 11.9 Å². The van der Waals surface area contributed by atoms with E-state index < -0.39 is 29.0 Å². The Bertz CT molecular complexity index is 1950. The molecule has 2 aliphatic carbocycles. The van der Waals surface area contributed by atoms with E-state index in [2.05, 4.69) is 61.8 Å². The highest BCUT2D eigenvalue weighted by Crippen LogP contribution is 2.37. The van der Waals surface area contributed by atoms with Crippen molar-refractivity contribution in [3.05, 3.63) is 89.3 Å². The number of carbonyl (C=O) groups excluding carboxylic acids is 3. The van der Waals surface area contributed by atoms with E-state index in [9.17, 15) is 14.4 Å². The molecule has 2 atom stereocenters. The molecule has 50 heavy (non-hydrogen) atoms. The van der Waals surface area contributed by atoms with Gasteiger partial charge in [-0.3, -0.25) is 19.3 Å². The third-order valence-corrected chi connectivity index (χ3v) is 8.92. The highest BCUT2D eigenvalue weighted by molar-refractivity contribution is 5.94. The van der Waals surface area contributed by atoms with Crippen LogP contribution in [0.2, 0.25) is 0 Å². The van der Waals surface area contributed by atoms with E-state index in [0.29, 0.717) is 53.6 Å². The van der Waals surface area contributed by atoms with Crippen molar-refractivity contribution in [2.75, 3.05) is 25.5 Å². The average Bonchev–Trinajstić information content (AvgIpc) is 3.83. The molecule has 3 aromatic heterocycles. The largest absolute Gasteiger partial charge is 0.480 e. The zero-order valence-electron chi connectivity index (χ0n) is 29.7. The van der Waals surface area contributed by atoms with Crippen LogP contribution in [0.3, 0.4) is 0 Å². The molecule has 1 saturated carbocycles. The molecule has 3 amide bonds. The third kappa shape index (κ3) is 7.37. The van der Waals surface area contributed by atoms with Crippen LogP contribution in [-0.2, 0) is 21.2 Å². The lowest BCUT2D eigenvalue weighted by molar-refractivity contribution is -0.111. The summed E-state index contributed by atoms with van der Waals surface area (Å²) in [6.07, 6.45) is 7.74. The minimum Gasteiger partial charge on any atom is -0.480 e. The van der Waals surface area contributed by atoms with Gasteiger partial charge in [-0.2, -0.15) is 0 Å². The van der Waals surface area contributed by atoms with Crippen LogP contribution in [-0.4, -0.2) is 73.9 Å². The quantitative estimate of drug-likeness (QED) is 0.158. The van der Waals surface area contributed by atoms with Crippen molar-refractivity contribution in [1.82, 2.24) is 40.1 Å². The number of likely N-dealkylation sites (N-methyl/N-ethyl adjacent to an activating group) is 1. The number of benzene rings is 1. The monoisotopic (exact) mass is 679 g/mol. The molecule has 0 spiro atoms. The SMILES string of the molecule is CN(CCNC(=O)c1nc(NC(=O)N[C@@]2(C=O)C=C[C@@H](Oc3ccc4nnc(C(C)(C)C)n4c3)c3ccccc32)cc(C(C)(C)C)n1)C1CC1. The van der Waals surface area contributed by atoms with Crippen LogP contribution >= 0.6 is 0 Å². The fraction of sp³-hybridized carbons (Fsp3) is 0.432. The molecule has 1 fully saturated rings. The lowest BCUT2D eigenvalue weighted by Crippen LogP contribution is -2.49. The number of rotatable bonds is 10. The molecule has 4 aromatic rings. The first kappa shape index (κ1) is 34.7. The van der Waals surface area contributed by atoms with E-state index in [0.717, 1.165) is 5.82 Å². The zero-order chi connectivity index (χ0) is 35.8. The van der Waals surface area contributed by atoms with Crippen molar-refractivity contribution in [1.29, 1.82) is 0 Å². The molecule has 13 heteroatoms. The summed E-state index contributed by atoms with van der Waals surface area (Å²) in [5, 5.41) is 17.1. The zero-order valence-corrected chi connectivity index (χ0v) is 29.7. The number of urea groups is 1. The number of anilines is 1. The molecule has 3 N–H and O–H groups in total. The first-order chi connectivity index (χ1) is 23.7. The lowest BCUT2D eigenvalue weighted by atomic mass is 9.81. The number of aromatic nitrogens is 5. The van der Waals surface area contributed by atoms with Gasteiger partial charge in [-0.15, -0.1) is 10.2 Å². The molecule has 1 aromatic carbocycles. The number of ether oxygens (including phenoxy) is 1. The first-order valence-corrected chi connectivity index (χ1v) is 16.9. The summed E-state index contributed by atoms with van der Waals surface area (Å²) in [4.78, 5) is 50.6. The molecular weight excluding hydrogens is 634 g/mol. The number of fused-ring (bicyclic) bond motifs is 2. The number of nitrogens with zero attached hydrogens (tertiary/aromatic N) is 6. The van der Waals surface area contributed by atoms with Crippen LogP contribution in [0, 0.1) is 0 Å². The minimum absolute atomic E-state index is 0.0471. The van der Waals surface area contributed by atoms with Gasteiger partial charge in [0.1, 0.15) is 29.0 Å². The van der Waals surface area contributed by atoms with Crippen molar-refractivity contribution in [2.24, 2.45) is 0 Å². The normalized spacial score (nSPS) is 18.8. The van der Waals surface area contributed by atoms with Crippen LogP contribution in [0.1, 0.15) is 93.8 Å². The number of amides is 3. The Morgan fingerprint density at radius 1 is 1.04 bits per heavy atom. The number of carbonyl (C=O) groups is 3. The van der Waals surface area contributed by atoms with E-state index in [-0.39, 0.29) is 17.1 Å². The fourth-order valence-electron chi connectivity index (χ4n) is 5.95. The van der Waals surface area contributed by atoms with Gasteiger partial charge in [0.2, 0.25) is 5.82 Å². The predicted molar refractivity (Wildman–Crippen MR) is 189 cm³/mol. The molecule has 0 unspecified atom stereocenters. The summed E-state index contributed by atoms with van der Waals surface area (Å²) in [7, 11) is 2.04. The Morgan fingerprint density at radius 2 is 1.80 bits per heavy atom. The molecule has 6 rings (SSSR count). The maximum atomic E-state index is 13.6. The van der Waals surface area contributed by atoms with E-state index in [1.165, 1.54) is 12.8 Å². The van der Waals surface area contributed by atoms with Gasteiger partial charge in [0.15, 0.2) is 11.9 Å². The summed E-state index contributed by atoms with van der Waals surface area (Å²) in [5.74, 6) is 1.05. The van der Waals surface area contributed by atoms with Crippen LogP contribution in [0.25, 0.3) is 5.65 Å². The highest BCUT2D eigenvalue weighted by atomic mass is 16.5. The van der Waals surface area contributed by atoms with Crippen molar-refractivity contribution in [2.45, 2.75) is 82.9 Å². The fourth-order valence-corrected chi connectivity index (χ4v) is 5.95. The smallest absolute Gasteiger partial charge is 0.321 e. The van der Waals surface area contributed by atoms with Crippen LogP contribution < -0.4 is 20.7 Å². The Labute approximate surface area is 291 Å². The number of hydrogen-bond donors (Lipinski definition) is 3. The molecular formula is C37H45N9O4. The summed E-state index contributed by atoms with van der Waals surface area (Å²) >= 11 is 0. The van der Waals surface area contributed by atoms with Gasteiger partial charge in [0, 0.05) is 41.6 Å². The second kappa shape index (κ2) is 13.3. The number of aldehydes is 1. The number of pyridine rings is 1. The van der Waals surface area contributed by atoms with Crippen molar-refractivity contribution >= 4 is 29.7 Å². The molecule has 0 saturated heterocycles. The second-order valence-electron chi connectivity index (χ2n) is 15.1. The standard InChI is InChI=1S/C37H45N9O4/c1-35(2,3)28-20-29(40-31(39-28)32(48)38-18-19-45(7)23-12-13-23)41-34(49)42-37(22-47)17-16-27(25-10-8-9-11-26(25)37)50-24-14-15-30-43-44-33(36(4,5)6)46(30)21-24/h8-11,14-17,20-23,27H,12-13,18-19H2,1-7H3,(H,38,48)(H2,39,40,41,42,49)/t27-,37-/m1/s1. The molecule has 3 heterocycles. The van der Waals surface area contributed by atoms with Crippen LogP contribution in [0.5, 0.6) is 5.75 Å². The molecule has 0 radical (unpaired) electrons. The van der Waals surface area contributed by atoms with E-state index in [1.54, 1.807) is 30.4 Å². The molecule has 13 nitrogen and oxygen atoms in total. The van der Waals surface area contributed by atoms with E-state index in [1.807, 2.05) is 62.7 Å². The molecule has 262 valence electrons.